The van der Waals surface area contributed by atoms with Gasteiger partial charge in [0.2, 0.25) is 22.0 Å². The first-order valence-corrected chi connectivity index (χ1v) is 24.4. The SMILES string of the molecule is CCn1c(-c2cc(N3CCN(C4CC4)CC3)cnc2[C@H](C)OC)c2c3cc(ccc31)-c1csc(n1)C[C@@]1([Si]N1C(=O)[C@H]1C[C@@H]1C(F)F)C(=O)N1CCC[C@H](N1)C(=O)OCC(C)(C)C2. The Morgan fingerprint density at radius 3 is 2.60 bits per heavy atom. The number of anilines is 1. The zero-order valence-corrected chi connectivity index (χ0v) is 38.5. The van der Waals surface area contributed by atoms with Crippen molar-refractivity contribution in [3.05, 3.63) is 52.1 Å². The number of hydrazine groups is 1. The van der Waals surface area contributed by atoms with Gasteiger partial charge in [0.05, 0.1) is 46.7 Å². The van der Waals surface area contributed by atoms with E-state index in [1.807, 2.05) is 18.5 Å². The van der Waals surface area contributed by atoms with Crippen molar-refractivity contribution in [2.24, 2.45) is 17.3 Å². The molecule has 3 saturated heterocycles. The maximum Gasteiger partial charge on any atom is 0.324 e. The quantitative estimate of drug-likeness (QED) is 0.127. The van der Waals surface area contributed by atoms with Crippen molar-refractivity contribution >= 4 is 55.4 Å². The van der Waals surface area contributed by atoms with Crippen molar-refractivity contribution in [3.8, 4) is 22.5 Å². The van der Waals surface area contributed by atoms with Gasteiger partial charge in [-0.1, -0.05) is 19.9 Å². The van der Waals surface area contributed by atoms with Gasteiger partial charge in [-0.05, 0) is 76.1 Å². The molecule has 17 heteroatoms. The third kappa shape index (κ3) is 7.88. The van der Waals surface area contributed by atoms with E-state index in [9.17, 15) is 23.2 Å². The molecular formula is C46H56F2N8O5SSi. The van der Waals surface area contributed by atoms with Crippen molar-refractivity contribution in [1.29, 1.82) is 0 Å². The summed E-state index contributed by atoms with van der Waals surface area (Å²) >= 11 is 1.43. The summed E-state index contributed by atoms with van der Waals surface area (Å²) in [5.74, 6) is -2.98. The monoisotopic (exact) mass is 898 g/mol. The number of piperazine rings is 1. The predicted octanol–water partition coefficient (Wildman–Crippen LogP) is 6.06. The normalized spacial score (nSPS) is 26.9. The number of esters is 1. The average molecular weight is 899 g/mol. The molecule has 3 aromatic heterocycles. The molecule has 6 bridgehead atoms. The van der Waals surface area contributed by atoms with Gasteiger partial charge in [0, 0.05) is 104 Å². The minimum atomic E-state index is -2.58. The molecule has 7 heterocycles. The van der Waals surface area contributed by atoms with Crippen LogP contribution >= 0.6 is 11.3 Å². The lowest BCUT2D eigenvalue weighted by Gasteiger charge is -2.36. The Bertz CT molecular complexity index is 2450. The Kier molecular flexibility index (Phi) is 11.0. The summed E-state index contributed by atoms with van der Waals surface area (Å²) in [5.41, 5.74) is 10.5. The number of nitrogens with one attached hydrogen (secondary N) is 1. The highest BCUT2D eigenvalue weighted by atomic mass is 32.1. The molecule has 1 aromatic carbocycles. The van der Waals surface area contributed by atoms with Gasteiger partial charge in [0.25, 0.3) is 5.91 Å². The number of benzene rings is 1. The number of aromatic nitrogens is 3. The van der Waals surface area contributed by atoms with Crippen molar-refractivity contribution in [3.63, 3.8) is 0 Å². The molecular weight excluding hydrogens is 843 g/mol. The molecule has 5 atom stereocenters. The van der Waals surface area contributed by atoms with Gasteiger partial charge in [0.15, 0.2) is 0 Å². The molecule has 5 fully saturated rings. The first-order valence-electron chi connectivity index (χ1n) is 22.6. The number of hydrogen-bond acceptors (Lipinski definition) is 11. The number of cyclic esters (lactones) is 1. The van der Waals surface area contributed by atoms with Crippen LogP contribution in [-0.4, -0.2) is 127 Å². The summed E-state index contributed by atoms with van der Waals surface area (Å²) in [7, 11) is 1.50. The smallest absolute Gasteiger partial charge is 0.324 e. The molecule has 63 heavy (non-hydrogen) atoms. The second kappa shape index (κ2) is 16.3. The summed E-state index contributed by atoms with van der Waals surface area (Å²) in [6.07, 6.45) is 3.62. The molecule has 2 amide bonds. The van der Waals surface area contributed by atoms with Crippen LogP contribution in [0.1, 0.15) is 82.2 Å². The van der Waals surface area contributed by atoms with Crippen molar-refractivity contribution in [2.45, 2.75) is 109 Å². The minimum Gasteiger partial charge on any atom is -0.464 e. The zero-order chi connectivity index (χ0) is 43.9. The highest BCUT2D eigenvalue weighted by Gasteiger charge is 2.67. The molecule has 1 N–H and O–H groups in total. The average Bonchev–Trinajstić information content (AvgIpc) is 4.24. The Hall–Kier alpha value is -4.29. The number of amides is 2. The number of carbonyl (C=O) groups is 3. The van der Waals surface area contributed by atoms with Crippen LogP contribution in [0.3, 0.4) is 0 Å². The fourth-order valence-electron chi connectivity index (χ4n) is 10.1. The first-order chi connectivity index (χ1) is 30.3. The Balaban J connectivity index is 1.07. The lowest BCUT2D eigenvalue weighted by molar-refractivity contribution is -0.156. The molecule has 2 saturated carbocycles. The van der Waals surface area contributed by atoms with Gasteiger partial charge in [-0.3, -0.25) is 29.3 Å². The van der Waals surface area contributed by atoms with Crippen molar-refractivity contribution in [1.82, 2.24) is 34.4 Å². The fraction of sp³-hybridized carbons (Fsp3) is 0.587. The van der Waals surface area contributed by atoms with Crippen LogP contribution in [0.5, 0.6) is 0 Å². The molecule has 1 spiro atoms. The number of fused-ring (bicyclic) bond motifs is 6. The third-order valence-electron chi connectivity index (χ3n) is 14.0. The van der Waals surface area contributed by atoms with E-state index in [0.29, 0.717) is 37.4 Å². The number of halogens is 2. The van der Waals surface area contributed by atoms with E-state index < -0.39 is 46.8 Å². The number of pyridine rings is 1. The van der Waals surface area contributed by atoms with E-state index in [-0.39, 0.29) is 41.1 Å². The van der Waals surface area contributed by atoms with Gasteiger partial charge in [-0.15, -0.1) is 11.3 Å². The molecule has 334 valence electrons. The largest absolute Gasteiger partial charge is 0.464 e. The third-order valence-corrected chi connectivity index (χ3v) is 16.5. The number of carbonyl (C=O) groups excluding carboxylic acids is 3. The number of nitrogens with zero attached hydrogens (tertiary/aromatic N) is 7. The second-order valence-electron chi connectivity index (χ2n) is 19.1. The highest BCUT2D eigenvalue weighted by molar-refractivity contribution is 7.10. The van der Waals surface area contributed by atoms with E-state index in [1.54, 1.807) is 7.11 Å². The maximum atomic E-state index is 14.5. The number of rotatable bonds is 8. The van der Waals surface area contributed by atoms with Crippen LogP contribution in [0.15, 0.2) is 35.8 Å². The van der Waals surface area contributed by atoms with E-state index in [0.717, 1.165) is 82.6 Å². The highest BCUT2D eigenvalue weighted by Crippen LogP contribution is 2.49. The maximum absolute atomic E-state index is 14.5. The minimum absolute atomic E-state index is 0.119. The number of methoxy groups -OCH3 is 1. The van der Waals surface area contributed by atoms with Gasteiger partial charge >= 0.3 is 5.97 Å². The van der Waals surface area contributed by atoms with Crippen LogP contribution in [0.4, 0.5) is 14.5 Å². The Labute approximate surface area is 373 Å². The fourth-order valence-corrected chi connectivity index (χ4v) is 12.5. The summed E-state index contributed by atoms with van der Waals surface area (Å²) < 4.78 is 43.2. The van der Waals surface area contributed by atoms with E-state index in [1.165, 1.54) is 33.8 Å². The van der Waals surface area contributed by atoms with Crippen LogP contribution in [0.25, 0.3) is 33.4 Å². The standard InChI is InChI=1S/C46H56F2N8O5SSi/c1-6-54-37-12-9-27-18-30(37)34(40(54)33-19-29(23-49-39(33)26(2)60-5)53-16-14-52(15-17-53)28-10-11-28)21-45(3,4)25-61-43(58)35-8-7-13-55(51-35)44(59)46(22-38-50-36(27)24-62-38)56(63-46)42(57)32-20-31(32)41(47)48/h9,12,18-19,23-24,26,28,31-32,35,41,51H,6-8,10-11,13-17,20-22,25H2,1-5H3/t26-,31-,32-,35-,46+,56?/m0/s1. The topological polar surface area (TPSA) is 125 Å². The lowest BCUT2D eigenvalue weighted by atomic mass is 9.84. The summed E-state index contributed by atoms with van der Waals surface area (Å²) in [6, 6.07) is 8.71. The van der Waals surface area contributed by atoms with Gasteiger partial charge in [-0.2, -0.15) is 0 Å². The molecule has 13 nitrogen and oxygen atoms in total. The lowest BCUT2D eigenvalue weighted by Crippen LogP contribution is -2.59. The molecule has 4 aliphatic heterocycles. The Morgan fingerprint density at radius 2 is 1.89 bits per heavy atom. The van der Waals surface area contributed by atoms with Crippen LogP contribution in [0.2, 0.25) is 0 Å². The first kappa shape index (κ1) is 42.6. The number of ether oxygens (including phenoxy) is 2. The van der Waals surface area contributed by atoms with Crippen molar-refractivity contribution in [2.75, 3.05) is 51.3 Å². The molecule has 2 radical (unpaired) electrons. The summed E-state index contributed by atoms with van der Waals surface area (Å²) in [6.45, 7) is 13.6. The van der Waals surface area contributed by atoms with Crippen LogP contribution in [0, 0.1) is 17.3 Å². The number of hydrogen-bond donors (Lipinski definition) is 1. The second-order valence-corrected chi connectivity index (χ2v) is 21.5. The van der Waals surface area contributed by atoms with Gasteiger partial charge in [0.1, 0.15) is 11.2 Å². The molecule has 4 aromatic rings. The van der Waals surface area contributed by atoms with Crippen molar-refractivity contribution < 1.29 is 32.6 Å². The zero-order valence-electron chi connectivity index (χ0n) is 36.7. The van der Waals surface area contributed by atoms with Crippen LogP contribution < -0.4 is 10.3 Å². The predicted molar refractivity (Wildman–Crippen MR) is 237 cm³/mol. The Morgan fingerprint density at radius 1 is 1.10 bits per heavy atom. The molecule has 10 rings (SSSR count). The molecule has 2 aliphatic carbocycles. The number of aryl methyl sites for hydroxylation is 1. The van der Waals surface area contributed by atoms with Gasteiger partial charge in [-0.25, -0.2) is 19.2 Å². The van der Waals surface area contributed by atoms with E-state index >= 15 is 0 Å². The number of thiazole rings is 1. The van der Waals surface area contributed by atoms with Gasteiger partial charge < -0.3 is 23.5 Å². The summed E-state index contributed by atoms with van der Waals surface area (Å²) in [4.78, 5) is 57.4. The summed E-state index contributed by atoms with van der Waals surface area (Å²) in [5, 5.41) is 3.91. The van der Waals surface area contributed by atoms with Crippen LogP contribution in [-0.2, 0) is 43.2 Å². The molecule has 0 unspecified atom stereocenters. The number of alkyl halides is 2. The van der Waals surface area contributed by atoms with E-state index in [4.69, 9.17) is 19.4 Å². The molecule has 6 aliphatic rings. The van der Waals surface area contributed by atoms with E-state index in [2.05, 4.69) is 64.8 Å².